The molecule has 0 atom stereocenters. The highest BCUT2D eigenvalue weighted by Crippen LogP contribution is 2.41. The van der Waals surface area contributed by atoms with Crippen molar-refractivity contribution < 1.29 is 4.79 Å². The van der Waals surface area contributed by atoms with Gasteiger partial charge in [-0.2, -0.15) is 0 Å². The Kier molecular flexibility index (Phi) is 5.67. The SMILES string of the molecule is CC1CCN(c2nnc(SCC(=O)c3ccc(Cl)c(Cl)c3)n2C2CC2)CC1. The van der Waals surface area contributed by atoms with Crippen molar-refractivity contribution in [1.82, 2.24) is 14.8 Å². The first-order chi connectivity index (χ1) is 13.0. The Morgan fingerprint density at radius 3 is 2.56 bits per heavy atom. The number of Topliss-reactive ketones (excluding diaryl/α,β-unsaturated/α-hetero) is 1. The van der Waals surface area contributed by atoms with Crippen molar-refractivity contribution in [3.8, 4) is 0 Å². The second-order valence-corrected chi connectivity index (χ2v) is 9.15. The summed E-state index contributed by atoms with van der Waals surface area (Å²) in [5.74, 6) is 2.06. The molecule has 8 heteroatoms. The Morgan fingerprint density at radius 2 is 1.89 bits per heavy atom. The first-order valence-electron chi connectivity index (χ1n) is 9.34. The molecule has 0 radical (unpaired) electrons. The van der Waals surface area contributed by atoms with Gasteiger partial charge < -0.3 is 4.90 Å². The number of carbonyl (C=O) groups is 1. The molecule has 1 aliphatic heterocycles. The molecule has 1 aromatic carbocycles. The largest absolute Gasteiger partial charge is 0.341 e. The lowest BCUT2D eigenvalue weighted by atomic mass is 10.00. The molecule has 1 aromatic heterocycles. The Morgan fingerprint density at radius 1 is 1.15 bits per heavy atom. The van der Waals surface area contributed by atoms with Crippen LogP contribution in [0.5, 0.6) is 0 Å². The number of hydrogen-bond acceptors (Lipinski definition) is 5. The van der Waals surface area contributed by atoms with Gasteiger partial charge in [-0.25, -0.2) is 0 Å². The first-order valence-corrected chi connectivity index (χ1v) is 11.1. The van der Waals surface area contributed by atoms with E-state index >= 15 is 0 Å². The molecule has 4 rings (SSSR count). The predicted molar refractivity (Wildman–Crippen MR) is 110 cm³/mol. The molecule has 0 N–H and O–H groups in total. The van der Waals surface area contributed by atoms with Crippen molar-refractivity contribution in [3.63, 3.8) is 0 Å². The van der Waals surface area contributed by atoms with E-state index in [-0.39, 0.29) is 5.78 Å². The van der Waals surface area contributed by atoms with Crippen molar-refractivity contribution in [1.29, 1.82) is 0 Å². The zero-order chi connectivity index (χ0) is 19.0. The van der Waals surface area contributed by atoms with E-state index in [1.54, 1.807) is 18.2 Å². The van der Waals surface area contributed by atoms with Gasteiger partial charge in [-0.15, -0.1) is 10.2 Å². The predicted octanol–water partition coefficient (Wildman–Crippen LogP) is 5.13. The molecular weight excluding hydrogens is 403 g/mol. The second kappa shape index (κ2) is 8.02. The normalized spacial score (nSPS) is 18.1. The average Bonchev–Trinajstić information content (AvgIpc) is 3.42. The van der Waals surface area contributed by atoms with Crippen LogP contribution < -0.4 is 4.90 Å². The third-order valence-corrected chi connectivity index (χ3v) is 6.88. The van der Waals surface area contributed by atoms with Crippen molar-refractivity contribution in [2.45, 2.75) is 43.8 Å². The molecule has 1 saturated heterocycles. The number of benzene rings is 1. The lowest BCUT2D eigenvalue weighted by Crippen LogP contribution is -2.34. The summed E-state index contributed by atoms with van der Waals surface area (Å²) in [7, 11) is 0. The summed E-state index contributed by atoms with van der Waals surface area (Å²) >= 11 is 13.4. The molecule has 2 aliphatic rings. The molecule has 0 spiro atoms. The van der Waals surface area contributed by atoms with Crippen LogP contribution in [-0.2, 0) is 0 Å². The molecule has 144 valence electrons. The highest BCUT2D eigenvalue weighted by Gasteiger charge is 2.32. The van der Waals surface area contributed by atoms with Crippen molar-refractivity contribution >= 4 is 46.7 Å². The number of nitrogens with zero attached hydrogens (tertiary/aromatic N) is 4. The van der Waals surface area contributed by atoms with E-state index < -0.39 is 0 Å². The minimum absolute atomic E-state index is 0.0114. The summed E-state index contributed by atoms with van der Waals surface area (Å²) in [5, 5.41) is 10.6. The highest BCUT2D eigenvalue weighted by molar-refractivity contribution is 7.99. The van der Waals surface area contributed by atoms with Crippen LogP contribution in [-0.4, -0.2) is 39.4 Å². The van der Waals surface area contributed by atoms with Crippen LogP contribution in [0, 0.1) is 5.92 Å². The van der Waals surface area contributed by atoms with Crippen LogP contribution in [0.1, 0.15) is 49.0 Å². The molecule has 2 heterocycles. The number of anilines is 1. The molecule has 27 heavy (non-hydrogen) atoms. The molecule has 0 bridgehead atoms. The molecule has 0 amide bonds. The second-order valence-electron chi connectivity index (χ2n) is 7.39. The number of carbonyl (C=O) groups excluding carboxylic acids is 1. The van der Waals surface area contributed by atoms with Crippen molar-refractivity contribution in [3.05, 3.63) is 33.8 Å². The number of halogens is 2. The van der Waals surface area contributed by atoms with Crippen LogP contribution in [0.4, 0.5) is 5.95 Å². The van der Waals surface area contributed by atoms with Crippen LogP contribution in [0.3, 0.4) is 0 Å². The topological polar surface area (TPSA) is 51.0 Å². The standard InChI is InChI=1S/C19H22Cl2N4OS/c1-12-6-8-24(9-7-12)18-22-23-19(25(18)14-3-4-14)27-11-17(26)13-2-5-15(20)16(21)10-13/h2,5,10,12,14H,3-4,6-9,11H2,1H3. The first kappa shape index (κ1) is 19.1. The van der Waals surface area contributed by atoms with Gasteiger partial charge >= 0.3 is 0 Å². The van der Waals surface area contributed by atoms with E-state index in [4.69, 9.17) is 23.2 Å². The number of rotatable bonds is 6. The van der Waals surface area contributed by atoms with Gasteiger partial charge in [0.2, 0.25) is 5.95 Å². The summed E-state index contributed by atoms with van der Waals surface area (Å²) in [6.07, 6.45) is 4.69. The molecule has 5 nitrogen and oxygen atoms in total. The number of thioether (sulfide) groups is 1. The molecular formula is C19H22Cl2N4OS. The third-order valence-electron chi connectivity index (χ3n) is 5.20. The van der Waals surface area contributed by atoms with Gasteiger partial charge in [-0.3, -0.25) is 9.36 Å². The summed E-state index contributed by atoms with van der Waals surface area (Å²) in [4.78, 5) is 14.9. The quantitative estimate of drug-likeness (QED) is 0.474. The fourth-order valence-corrected chi connectivity index (χ4v) is 4.52. The van der Waals surface area contributed by atoms with E-state index in [2.05, 4.69) is 26.6 Å². The van der Waals surface area contributed by atoms with Gasteiger partial charge in [0.05, 0.1) is 15.8 Å². The van der Waals surface area contributed by atoms with Crippen molar-refractivity contribution in [2.75, 3.05) is 23.7 Å². The zero-order valence-electron chi connectivity index (χ0n) is 15.2. The minimum Gasteiger partial charge on any atom is -0.341 e. The Hall–Kier alpha value is -1.24. The lowest BCUT2D eigenvalue weighted by molar-refractivity contribution is 0.102. The van der Waals surface area contributed by atoms with E-state index in [9.17, 15) is 4.79 Å². The van der Waals surface area contributed by atoms with Crippen LogP contribution in [0.25, 0.3) is 0 Å². The van der Waals surface area contributed by atoms with Crippen LogP contribution >= 0.6 is 35.0 Å². The lowest BCUT2D eigenvalue weighted by Gasteiger charge is -2.31. The Bertz CT molecular complexity index is 844. The van der Waals surface area contributed by atoms with E-state index in [1.165, 1.54) is 24.6 Å². The summed E-state index contributed by atoms with van der Waals surface area (Å²) in [6.45, 7) is 4.36. The number of aromatic nitrogens is 3. The molecule has 2 fully saturated rings. The van der Waals surface area contributed by atoms with Gasteiger partial charge in [0, 0.05) is 24.7 Å². The van der Waals surface area contributed by atoms with Gasteiger partial charge in [-0.1, -0.05) is 41.9 Å². The fraction of sp³-hybridized carbons (Fsp3) is 0.526. The number of piperidine rings is 1. The Balaban J connectivity index is 1.47. The van der Waals surface area contributed by atoms with Gasteiger partial charge in [-0.05, 0) is 49.8 Å². The van der Waals surface area contributed by atoms with Gasteiger partial charge in [0.1, 0.15) is 0 Å². The maximum absolute atomic E-state index is 12.5. The fourth-order valence-electron chi connectivity index (χ4n) is 3.33. The summed E-state index contributed by atoms with van der Waals surface area (Å²) in [6, 6.07) is 5.46. The smallest absolute Gasteiger partial charge is 0.228 e. The maximum Gasteiger partial charge on any atom is 0.228 e. The molecule has 1 aliphatic carbocycles. The Labute approximate surface area is 173 Å². The molecule has 1 saturated carbocycles. The number of ketones is 1. The number of hydrogen-bond donors (Lipinski definition) is 0. The van der Waals surface area contributed by atoms with Crippen LogP contribution in [0.15, 0.2) is 23.4 Å². The zero-order valence-corrected chi connectivity index (χ0v) is 17.5. The summed E-state index contributed by atoms with van der Waals surface area (Å²) < 4.78 is 2.24. The third kappa shape index (κ3) is 4.28. The van der Waals surface area contributed by atoms with E-state index in [0.29, 0.717) is 27.4 Å². The van der Waals surface area contributed by atoms with E-state index in [0.717, 1.165) is 43.0 Å². The highest BCUT2D eigenvalue weighted by atomic mass is 35.5. The monoisotopic (exact) mass is 424 g/mol. The molecule has 2 aromatic rings. The van der Waals surface area contributed by atoms with Gasteiger partial charge in [0.25, 0.3) is 0 Å². The van der Waals surface area contributed by atoms with Gasteiger partial charge in [0.15, 0.2) is 10.9 Å². The van der Waals surface area contributed by atoms with Crippen molar-refractivity contribution in [2.24, 2.45) is 5.92 Å². The average molecular weight is 425 g/mol. The van der Waals surface area contributed by atoms with Crippen LogP contribution in [0.2, 0.25) is 10.0 Å². The minimum atomic E-state index is 0.0114. The van der Waals surface area contributed by atoms with E-state index in [1.807, 2.05) is 0 Å². The maximum atomic E-state index is 12.5. The molecule has 0 unspecified atom stereocenters. The summed E-state index contributed by atoms with van der Waals surface area (Å²) in [5.41, 5.74) is 0.569.